The molecular formula is C13H24N2. The molecule has 1 fully saturated rings. The Hall–Kier alpha value is -0.340. The Morgan fingerprint density at radius 1 is 1.33 bits per heavy atom. The van der Waals surface area contributed by atoms with Crippen molar-refractivity contribution in [1.29, 1.82) is 0 Å². The predicted octanol–water partition coefficient (Wildman–Crippen LogP) is 2.17. The third-order valence-electron chi connectivity index (χ3n) is 3.58. The van der Waals surface area contributed by atoms with Crippen molar-refractivity contribution in [1.82, 2.24) is 10.2 Å². The zero-order chi connectivity index (χ0) is 10.7. The molecule has 2 heteroatoms. The molecule has 1 N–H and O–H groups in total. The summed E-state index contributed by atoms with van der Waals surface area (Å²) >= 11 is 0. The van der Waals surface area contributed by atoms with Crippen LogP contribution < -0.4 is 5.32 Å². The van der Waals surface area contributed by atoms with Crippen LogP contribution in [0.5, 0.6) is 0 Å². The maximum absolute atomic E-state index is 3.63. The van der Waals surface area contributed by atoms with Crippen molar-refractivity contribution in [2.45, 2.75) is 51.1 Å². The fraction of sp³-hybridized carbons (Fsp3) is 0.846. The summed E-state index contributed by atoms with van der Waals surface area (Å²) in [7, 11) is 0. The van der Waals surface area contributed by atoms with Gasteiger partial charge in [-0.05, 0) is 52.6 Å². The van der Waals surface area contributed by atoms with E-state index in [1.807, 2.05) is 0 Å². The minimum Gasteiger partial charge on any atom is -0.310 e. The Morgan fingerprint density at radius 3 is 2.93 bits per heavy atom. The summed E-state index contributed by atoms with van der Waals surface area (Å²) < 4.78 is 0. The topological polar surface area (TPSA) is 15.3 Å². The Morgan fingerprint density at radius 2 is 2.20 bits per heavy atom. The molecule has 2 rings (SSSR count). The first-order valence-electron chi connectivity index (χ1n) is 6.31. The van der Waals surface area contributed by atoms with Gasteiger partial charge in [-0.3, -0.25) is 4.90 Å². The van der Waals surface area contributed by atoms with Crippen molar-refractivity contribution in [3.05, 3.63) is 12.2 Å². The zero-order valence-electron chi connectivity index (χ0n) is 10.1. The number of nitrogens with one attached hydrogen (secondary N) is 1. The molecule has 0 amide bonds. The summed E-state index contributed by atoms with van der Waals surface area (Å²) in [5.41, 5.74) is 0.289. The quantitative estimate of drug-likeness (QED) is 0.664. The second-order valence-electron chi connectivity index (χ2n) is 5.57. The van der Waals surface area contributed by atoms with Crippen molar-refractivity contribution < 1.29 is 0 Å². The summed E-state index contributed by atoms with van der Waals surface area (Å²) in [5, 5.41) is 3.63. The molecule has 2 aliphatic rings. The van der Waals surface area contributed by atoms with E-state index in [-0.39, 0.29) is 5.54 Å². The normalized spacial score (nSPS) is 32.5. The lowest BCUT2D eigenvalue weighted by molar-refractivity contribution is 0.159. The van der Waals surface area contributed by atoms with Crippen LogP contribution in [0.4, 0.5) is 0 Å². The molecule has 1 aliphatic heterocycles. The predicted molar refractivity (Wildman–Crippen MR) is 65.1 cm³/mol. The van der Waals surface area contributed by atoms with Crippen LogP contribution in [-0.2, 0) is 0 Å². The Kier molecular flexibility index (Phi) is 3.47. The van der Waals surface area contributed by atoms with Crippen molar-refractivity contribution in [2.75, 3.05) is 19.6 Å². The van der Waals surface area contributed by atoms with Crippen LogP contribution in [0.15, 0.2) is 12.2 Å². The lowest BCUT2D eigenvalue weighted by Gasteiger charge is -2.36. The molecule has 0 spiro atoms. The van der Waals surface area contributed by atoms with Crippen LogP contribution in [0.1, 0.15) is 39.5 Å². The molecule has 1 saturated heterocycles. The second-order valence-corrected chi connectivity index (χ2v) is 5.57. The van der Waals surface area contributed by atoms with Crippen LogP contribution in [0.2, 0.25) is 0 Å². The lowest BCUT2D eigenvalue weighted by Crippen LogP contribution is -2.49. The molecule has 1 unspecified atom stereocenters. The molecule has 15 heavy (non-hydrogen) atoms. The number of allylic oxidation sites excluding steroid dienone is 1. The van der Waals surface area contributed by atoms with E-state index in [4.69, 9.17) is 0 Å². The highest BCUT2D eigenvalue weighted by Crippen LogP contribution is 2.21. The van der Waals surface area contributed by atoms with Gasteiger partial charge in [0.2, 0.25) is 0 Å². The summed E-state index contributed by atoms with van der Waals surface area (Å²) in [6.45, 7) is 8.29. The Labute approximate surface area is 93.7 Å². The number of nitrogens with zero attached hydrogens (tertiary/aromatic N) is 1. The van der Waals surface area contributed by atoms with Crippen LogP contribution in [0.3, 0.4) is 0 Å². The minimum absolute atomic E-state index is 0.289. The van der Waals surface area contributed by atoms with E-state index >= 15 is 0 Å². The zero-order valence-corrected chi connectivity index (χ0v) is 10.1. The Bertz CT molecular complexity index is 233. The molecule has 0 aromatic carbocycles. The highest BCUT2D eigenvalue weighted by molar-refractivity contribution is 4.96. The van der Waals surface area contributed by atoms with Gasteiger partial charge in [0.05, 0.1) is 0 Å². The Balaban J connectivity index is 1.97. The van der Waals surface area contributed by atoms with Gasteiger partial charge in [0, 0.05) is 18.1 Å². The average Bonchev–Trinajstić information content (AvgIpc) is 2.41. The first-order valence-corrected chi connectivity index (χ1v) is 6.31. The van der Waals surface area contributed by atoms with E-state index in [1.54, 1.807) is 0 Å². The maximum atomic E-state index is 3.63. The smallest absolute Gasteiger partial charge is 0.0252 e. The van der Waals surface area contributed by atoms with E-state index in [9.17, 15) is 0 Å². The van der Waals surface area contributed by atoms with E-state index in [1.165, 1.54) is 45.3 Å². The molecule has 0 radical (unpaired) electrons. The van der Waals surface area contributed by atoms with Gasteiger partial charge in [0.15, 0.2) is 0 Å². The van der Waals surface area contributed by atoms with Gasteiger partial charge in [-0.1, -0.05) is 12.2 Å². The van der Waals surface area contributed by atoms with Crippen molar-refractivity contribution in [3.8, 4) is 0 Å². The van der Waals surface area contributed by atoms with Crippen molar-refractivity contribution >= 4 is 0 Å². The third-order valence-corrected chi connectivity index (χ3v) is 3.58. The lowest BCUT2D eigenvalue weighted by atomic mass is 9.97. The molecule has 1 atom stereocenters. The molecule has 0 saturated carbocycles. The summed E-state index contributed by atoms with van der Waals surface area (Å²) in [5.74, 6) is 0. The molecule has 2 nitrogen and oxygen atoms in total. The highest BCUT2D eigenvalue weighted by atomic mass is 15.2. The summed E-state index contributed by atoms with van der Waals surface area (Å²) in [6, 6.07) is 0.800. The summed E-state index contributed by atoms with van der Waals surface area (Å²) in [6.07, 6.45) is 9.87. The SMILES string of the molecule is CC1(C)CN(C2CC=CCC2)CCCN1. The van der Waals surface area contributed by atoms with Crippen LogP contribution >= 0.6 is 0 Å². The van der Waals surface area contributed by atoms with Crippen molar-refractivity contribution in [2.24, 2.45) is 0 Å². The van der Waals surface area contributed by atoms with Gasteiger partial charge in [0.25, 0.3) is 0 Å². The van der Waals surface area contributed by atoms with Gasteiger partial charge >= 0.3 is 0 Å². The number of hydrogen-bond acceptors (Lipinski definition) is 2. The fourth-order valence-electron chi connectivity index (χ4n) is 2.77. The molecule has 0 aromatic rings. The second kappa shape index (κ2) is 4.67. The number of rotatable bonds is 1. The molecule has 1 aliphatic carbocycles. The first-order chi connectivity index (χ1) is 7.17. The third kappa shape index (κ3) is 3.05. The van der Waals surface area contributed by atoms with E-state index in [0.29, 0.717) is 0 Å². The van der Waals surface area contributed by atoms with Gasteiger partial charge in [-0.2, -0.15) is 0 Å². The molecule has 86 valence electrons. The van der Waals surface area contributed by atoms with E-state index in [0.717, 1.165) is 6.04 Å². The monoisotopic (exact) mass is 208 g/mol. The fourth-order valence-corrected chi connectivity index (χ4v) is 2.77. The molecule has 0 bridgehead atoms. The average molecular weight is 208 g/mol. The minimum atomic E-state index is 0.289. The van der Waals surface area contributed by atoms with E-state index in [2.05, 4.69) is 36.2 Å². The maximum Gasteiger partial charge on any atom is 0.0252 e. The summed E-state index contributed by atoms with van der Waals surface area (Å²) in [4.78, 5) is 2.70. The standard InChI is InChI=1S/C13H24N2/c1-13(2)11-15(10-6-9-14-13)12-7-4-3-5-8-12/h3-4,12,14H,5-11H2,1-2H3. The van der Waals surface area contributed by atoms with E-state index < -0.39 is 0 Å². The number of hydrogen-bond donors (Lipinski definition) is 1. The molecule has 1 heterocycles. The highest BCUT2D eigenvalue weighted by Gasteiger charge is 2.28. The van der Waals surface area contributed by atoms with Gasteiger partial charge in [-0.25, -0.2) is 0 Å². The molecule has 0 aromatic heterocycles. The van der Waals surface area contributed by atoms with Gasteiger partial charge in [-0.15, -0.1) is 0 Å². The van der Waals surface area contributed by atoms with Crippen LogP contribution in [-0.4, -0.2) is 36.1 Å². The van der Waals surface area contributed by atoms with Gasteiger partial charge < -0.3 is 5.32 Å². The van der Waals surface area contributed by atoms with Gasteiger partial charge in [0.1, 0.15) is 0 Å². The molecular weight excluding hydrogens is 184 g/mol. The van der Waals surface area contributed by atoms with Crippen LogP contribution in [0.25, 0.3) is 0 Å². The largest absolute Gasteiger partial charge is 0.310 e. The first kappa shape index (κ1) is 11.2. The van der Waals surface area contributed by atoms with Crippen LogP contribution in [0, 0.1) is 0 Å². The van der Waals surface area contributed by atoms with Crippen molar-refractivity contribution in [3.63, 3.8) is 0 Å².